The topological polar surface area (TPSA) is 12.0 Å². The van der Waals surface area contributed by atoms with Crippen LogP contribution in [0.4, 0.5) is 0 Å². The van der Waals surface area contributed by atoms with Crippen molar-refractivity contribution in [3.63, 3.8) is 0 Å². The summed E-state index contributed by atoms with van der Waals surface area (Å²) in [5, 5.41) is 4.46. The first-order chi connectivity index (χ1) is 8.17. The second-order valence-corrected chi connectivity index (χ2v) is 5.10. The monoisotopic (exact) mass is 253 g/mol. The molecule has 0 radical (unpaired) electrons. The first-order valence-electron chi connectivity index (χ1n) is 6.65. The highest BCUT2D eigenvalue weighted by Crippen LogP contribution is 2.20. The van der Waals surface area contributed by atoms with Crippen LogP contribution < -0.4 is 5.32 Å². The van der Waals surface area contributed by atoms with Crippen molar-refractivity contribution in [2.24, 2.45) is 0 Å². The molecule has 0 bridgehead atoms. The molecule has 0 amide bonds. The van der Waals surface area contributed by atoms with Gasteiger partial charge in [0, 0.05) is 11.1 Å². The normalized spacial score (nSPS) is 12.7. The Hall–Kier alpha value is -0.530. The van der Waals surface area contributed by atoms with Crippen molar-refractivity contribution >= 4 is 11.6 Å². The van der Waals surface area contributed by atoms with Crippen LogP contribution in [0.25, 0.3) is 0 Å². The molecule has 0 aliphatic heterocycles. The Morgan fingerprint density at radius 1 is 1.29 bits per heavy atom. The Labute approximate surface area is 111 Å². The SMILES string of the molecule is CCCCC(Cc1ccc(C)cc1Cl)NCC. The molecule has 1 N–H and O–H groups in total. The second kappa shape index (κ2) is 7.73. The molecule has 96 valence electrons. The lowest BCUT2D eigenvalue weighted by atomic mass is 10.00. The van der Waals surface area contributed by atoms with Crippen LogP contribution in [0.5, 0.6) is 0 Å². The maximum atomic E-state index is 6.28. The minimum absolute atomic E-state index is 0.556. The van der Waals surface area contributed by atoms with Crippen molar-refractivity contribution in [3.8, 4) is 0 Å². The van der Waals surface area contributed by atoms with Crippen LogP contribution in [0, 0.1) is 6.92 Å². The molecule has 0 saturated heterocycles. The molecule has 1 nitrogen and oxygen atoms in total. The molecular weight excluding hydrogens is 230 g/mol. The Bertz CT molecular complexity index is 336. The fraction of sp³-hybridized carbons (Fsp3) is 0.600. The maximum absolute atomic E-state index is 6.28. The smallest absolute Gasteiger partial charge is 0.0441 e. The van der Waals surface area contributed by atoms with E-state index in [1.165, 1.54) is 30.4 Å². The zero-order valence-electron chi connectivity index (χ0n) is 11.2. The third kappa shape index (κ3) is 5.10. The van der Waals surface area contributed by atoms with Gasteiger partial charge in [0.2, 0.25) is 0 Å². The summed E-state index contributed by atoms with van der Waals surface area (Å²) in [5.41, 5.74) is 2.49. The zero-order chi connectivity index (χ0) is 12.7. The maximum Gasteiger partial charge on any atom is 0.0441 e. The summed E-state index contributed by atoms with van der Waals surface area (Å²) in [6, 6.07) is 6.91. The largest absolute Gasteiger partial charge is 0.314 e. The van der Waals surface area contributed by atoms with E-state index >= 15 is 0 Å². The number of unbranched alkanes of at least 4 members (excludes halogenated alkanes) is 1. The van der Waals surface area contributed by atoms with Crippen molar-refractivity contribution in [1.82, 2.24) is 5.32 Å². The van der Waals surface area contributed by atoms with Gasteiger partial charge in [0.15, 0.2) is 0 Å². The molecule has 0 heterocycles. The standard InChI is InChI=1S/C15H24ClN/c1-4-6-7-14(17-5-2)11-13-9-8-12(3)10-15(13)16/h8-10,14,17H,4-7,11H2,1-3H3. The highest BCUT2D eigenvalue weighted by molar-refractivity contribution is 6.31. The Morgan fingerprint density at radius 3 is 2.65 bits per heavy atom. The molecule has 1 rings (SSSR count). The quantitative estimate of drug-likeness (QED) is 0.761. The van der Waals surface area contributed by atoms with Gasteiger partial charge in [-0.2, -0.15) is 0 Å². The van der Waals surface area contributed by atoms with Crippen LogP contribution in [-0.2, 0) is 6.42 Å². The van der Waals surface area contributed by atoms with E-state index < -0.39 is 0 Å². The number of nitrogens with one attached hydrogen (secondary N) is 1. The van der Waals surface area contributed by atoms with Crippen molar-refractivity contribution in [2.45, 2.75) is 52.5 Å². The number of rotatable bonds is 7. The molecule has 1 atom stereocenters. The van der Waals surface area contributed by atoms with E-state index in [1.807, 2.05) is 0 Å². The molecule has 17 heavy (non-hydrogen) atoms. The minimum Gasteiger partial charge on any atom is -0.314 e. The predicted molar refractivity (Wildman–Crippen MR) is 76.9 cm³/mol. The van der Waals surface area contributed by atoms with Crippen LogP contribution in [0.1, 0.15) is 44.2 Å². The van der Waals surface area contributed by atoms with Crippen LogP contribution in [0.3, 0.4) is 0 Å². The summed E-state index contributed by atoms with van der Waals surface area (Å²) in [5.74, 6) is 0. The second-order valence-electron chi connectivity index (χ2n) is 4.70. The molecule has 1 aromatic rings. The third-order valence-corrected chi connectivity index (χ3v) is 3.43. The highest BCUT2D eigenvalue weighted by atomic mass is 35.5. The lowest BCUT2D eigenvalue weighted by molar-refractivity contribution is 0.473. The van der Waals surface area contributed by atoms with Crippen molar-refractivity contribution < 1.29 is 0 Å². The molecule has 2 heteroatoms. The summed E-state index contributed by atoms with van der Waals surface area (Å²) in [7, 11) is 0. The average molecular weight is 254 g/mol. The minimum atomic E-state index is 0.556. The first-order valence-corrected chi connectivity index (χ1v) is 7.03. The average Bonchev–Trinajstić information content (AvgIpc) is 2.29. The number of halogens is 1. The van der Waals surface area contributed by atoms with Crippen molar-refractivity contribution in [2.75, 3.05) is 6.54 Å². The fourth-order valence-corrected chi connectivity index (χ4v) is 2.41. The van der Waals surface area contributed by atoms with Gasteiger partial charge >= 0.3 is 0 Å². The number of likely N-dealkylation sites (N-methyl/N-ethyl adjacent to an activating group) is 1. The zero-order valence-corrected chi connectivity index (χ0v) is 12.0. The van der Waals surface area contributed by atoms with Crippen LogP contribution in [0.15, 0.2) is 18.2 Å². The number of hydrogen-bond acceptors (Lipinski definition) is 1. The highest BCUT2D eigenvalue weighted by Gasteiger charge is 2.10. The van der Waals surface area contributed by atoms with E-state index in [-0.39, 0.29) is 0 Å². The van der Waals surface area contributed by atoms with E-state index in [4.69, 9.17) is 11.6 Å². The summed E-state index contributed by atoms with van der Waals surface area (Å²) < 4.78 is 0. The molecule has 0 fully saturated rings. The van der Waals surface area contributed by atoms with E-state index in [0.717, 1.165) is 18.0 Å². The predicted octanol–water partition coefficient (Wildman–Crippen LogP) is 4.36. The van der Waals surface area contributed by atoms with E-state index in [0.29, 0.717) is 6.04 Å². The van der Waals surface area contributed by atoms with Gasteiger partial charge in [-0.3, -0.25) is 0 Å². The lowest BCUT2D eigenvalue weighted by Gasteiger charge is -2.18. The summed E-state index contributed by atoms with van der Waals surface area (Å²) in [6.07, 6.45) is 4.80. The molecular formula is C15H24ClN. The number of hydrogen-bond donors (Lipinski definition) is 1. The summed E-state index contributed by atoms with van der Waals surface area (Å²) in [6.45, 7) is 7.50. The Morgan fingerprint density at radius 2 is 2.06 bits per heavy atom. The molecule has 1 aromatic carbocycles. The van der Waals surface area contributed by atoms with Crippen molar-refractivity contribution in [3.05, 3.63) is 34.3 Å². The number of benzene rings is 1. The molecule has 0 spiro atoms. The van der Waals surface area contributed by atoms with Gasteiger partial charge in [0.25, 0.3) is 0 Å². The van der Waals surface area contributed by atoms with E-state index in [9.17, 15) is 0 Å². The van der Waals surface area contributed by atoms with Crippen LogP contribution in [0.2, 0.25) is 5.02 Å². The van der Waals surface area contributed by atoms with Gasteiger partial charge in [-0.25, -0.2) is 0 Å². The van der Waals surface area contributed by atoms with Gasteiger partial charge in [-0.15, -0.1) is 0 Å². The van der Waals surface area contributed by atoms with Gasteiger partial charge < -0.3 is 5.32 Å². The first kappa shape index (κ1) is 14.5. The van der Waals surface area contributed by atoms with Crippen LogP contribution in [-0.4, -0.2) is 12.6 Å². The molecule has 0 aromatic heterocycles. The Balaban J connectivity index is 2.64. The molecule has 0 saturated carbocycles. The number of aryl methyl sites for hydroxylation is 1. The Kier molecular flexibility index (Phi) is 6.61. The molecule has 0 aliphatic rings. The van der Waals surface area contributed by atoms with Gasteiger partial charge in [-0.05, 0) is 43.5 Å². The van der Waals surface area contributed by atoms with Gasteiger partial charge in [-0.1, -0.05) is 50.4 Å². The van der Waals surface area contributed by atoms with Crippen molar-refractivity contribution in [1.29, 1.82) is 0 Å². The summed E-state index contributed by atoms with van der Waals surface area (Å²) in [4.78, 5) is 0. The third-order valence-electron chi connectivity index (χ3n) is 3.07. The molecule has 1 unspecified atom stereocenters. The fourth-order valence-electron chi connectivity index (χ4n) is 2.10. The van der Waals surface area contributed by atoms with E-state index in [1.54, 1.807) is 0 Å². The van der Waals surface area contributed by atoms with E-state index in [2.05, 4.69) is 44.3 Å². The summed E-state index contributed by atoms with van der Waals surface area (Å²) >= 11 is 6.28. The van der Waals surface area contributed by atoms with Gasteiger partial charge in [0.1, 0.15) is 0 Å². The van der Waals surface area contributed by atoms with Crippen LogP contribution >= 0.6 is 11.6 Å². The lowest BCUT2D eigenvalue weighted by Crippen LogP contribution is -2.31. The van der Waals surface area contributed by atoms with Gasteiger partial charge in [0.05, 0.1) is 0 Å². The molecule has 0 aliphatic carbocycles.